The van der Waals surface area contributed by atoms with Gasteiger partial charge in [0.05, 0.1) is 11.9 Å². The third kappa shape index (κ3) is 4.94. The van der Waals surface area contributed by atoms with Gasteiger partial charge >= 0.3 is 0 Å². The van der Waals surface area contributed by atoms with Crippen LogP contribution in [0.3, 0.4) is 0 Å². The number of sulfone groups is 1. The Balaban J connectivity index is 1.91. The number of rotatable bonds is 6. The number of hydrogen-bond acceptors (Lipinski definition) is 6. The Morgan fingerprint density at radius 2 is 2.04 bits per heavy atom. The average Bonchev–Trinajstić information content (AvgIpc) is 3.31. The minimum absolute atomic E-state index is 0.0149. The largest absolute Gasteiger partial charge is 0.298 e. The molecule has 6 nitrogen and oxygen atoms in total. The predicted molar refractivity (Wildman–Crippen MR) is 108 cm³/mol. The van der Waals surface area contributed by atoms with Crippen LogP contribution in [0.2, 0.25) is 4.34 Å². The number of allylic oxidation sites excluding steroid dienone is 1. The molecule has 0 saturated heterocycles. The van der Waals surface area contributed by atoms with E-state index in [1.54, 1.807) is 13.0 Å². The van der Waals surface area contributed by atoms with Crippen molar-refractivity contribution in [2.75, 3.05) is 11.1 Å². The summed E-state index contributed by atoms with van der Waals surface area (Å²) < 4.78 is 24.4. The van der Waals surface area contributed by atoms with Gasteiger partial charge in [-0.05, 0) is 30.9 Å². The van der Waals surface area contributed by atoms with Gasteiger partial charge in [-0.1, -0.05) is 48.8 Å². The SMILES string of the molecule is CCS(=O)(=O)c1ccc(C(=CC2CCCC2)C(=O)Nc2ncc(Cl)s2)cn1. The normalized spacial score (nSPS) is 15.9. The van der Waals surface area contributed by atoms with E-state index < -0.39 is 9.84 Å². The summed E-state index contributed by atoms with van der Waals surface area (Å²) in [5.74, 6) is 0.000538. The molecule has 3 rings (SSSR count). The summed E-state index contributed by atoms with van der Waals surface area (Å²) in [4.78, 5) is 21.0. The summed E-state index contributed by atoms with van der Waals surface area (Å²) in [6, 6.07) is 3.08. The minimum Gasteiger partial charge on any atom is -0.298 e. The number of carbonyl (C=O) groups excluding carboxylic acids is 1. The second kappa shape index (κ2) is 8.50. The summed E-state index contributed by atoms with van der Waals surface area (Å²) in [6.07, 6.45) is 9.24. The van der Waals surface area contributed by atoms with Gasteiger partial charge in [-0.25, -0.2) is 18.4 Å². The molecule has 1 fully saturated rings. The highest BCUT2D eigenvalue weighted by atomic mass is 35.5. The molecule has 1 N–H and O–H groups in total. The summed E-state index contributed by atoms with van der Waals surface area (Å²) in [5.41, 5.74) is 1.05. The van der Waals surface area contributed by atoms with Gasteiger partial charge in [0.15, 0.2) is 20.0 Å². The molecule has 0 radical (unpaired) electrons. The molecule has 0 bridgehead atoms. The van der Waals surface area contributed by atoms with Gasteiger partial charge in [-0.3, -0.25) is 10.1 Å². The molecular weight excluding hydrogens is 406 g/mol. The van der Waals surface area contributed by atoms with Crippen LogP contribution in [0.25, 0.3) is 5.57 Å². The van der Waals surface area contributed by atoms with Crippen molar-refractivity contribution < 1.29 is 13.2 Å². The quantitative estimate of drug-likeness (QED) is 0.700. The third-order valence-corrected chi connectivity index (χ3v) is 7.16. The standard InChI is InChI=1S/C18H20ClN3O3S2/c1-2-27(24,25)16-8-7-13(10-20-16)14(9-12-5-3-4-6-12)17(23)22-18-21-11-15(19)26-18/h7-12H,2-6H2,1H3,(H,21,22,23). The number of aromatic nitrogens is 2. The first-order valence-electron chi connectivity index (χ1n) is 8.72. The van der Waals surface area contributed by atoms with Gasteiger partial charge in [0.1, 0.15) is 4.34 Å². The number of anilines is 1. The molecule has 1 aliphatic carbocycles. The zero-order valence-electron chi connectivity index (χ0n) is 14.8. The van der Waals surface area contributed by atoms with Gasteiger partial charge in [-0.15, -0.1) is 0 Å². The maximum atomic E-state index is 12.8. The number of hydrogen-bond donors (Lipinski definition) is 1. The van der Waals surface area contributed by atoms with E-state index in [4.69, 9.17) is 11.6 Å². The summed E-state index contributed by atoms with van der Waals surface area (Å²) in [5, 5.41) is 3.19. The molecule has 2 heterocycles. The maximum absolute atomic E-state index is 12.8. The van der Waals surface area contributed by atoms with Crippen LogP contribution < -0.4 is 5.32 Å². The zero-order chi connectivity index (χ0) is 19.4. The Morgan fingerprint density at radius 1 is 1.30 bits per heavy atom. The predicted octanol–water partition coefficient (Wildman–Crippen LogP) is 4.20. The topological polar surface area (TPSA) is 89.0 Å². The lowest BCUT2D eigenvalue weighted by molar-refractivity contribution is -0.111. The van der Waals surface area contributed by atoms with Gasteiger partial charge in [0.2, 0.25) is 0 Å². The number of nitrogens with one attached hydrogen (secondary N) is 1. The lowest BCUT2D eigenvalue weighted by Gasteiger charge is -2.11. The van der Waals surface area contributed by atoms with Crippen molar-refractivity contribution in [3.05, 3.63) is 40.5 Å². The summed E-state index contributed by atoms with van der Waals surface area (Å²) in [7, 11) is -3.38. The molecule has 9 heteroatoms. The van der Waals surface area contributed by atoms with Crippen molar-refractivity contribution in [1.29, 1.82) is 0 Å². The molecule has 2 aromatic heterocycles. The average molecular weight is 426 g/mol. The number of nitrogens with zero attached hydrogens (tertiary/aromatic N) is 2. The fraction of sp³-hybridized carbons (Fsp3) is 0.389. The van der Waals surface area contributed by atoms with E-state index in [1.165, 1.54) is 29.8 Å². The summed E-state index contributed by atoms with van der Waals surface area (Å²) >= 11 is 7.06. The van der Waals surface area contributed by atoms with Crippen LogP contribution in [0.5, 0.6) is 0 Å². The third-order valence-electron chi connectivity index (χ3n) is 4.49. The van der Waals surface area contributed by atoms with Crippen molar-refractivity contribution >= 4 is 49.4 Å². The van der Waals surface area contributed by atoms with E-state index in [-0.39, 0.29) is 16.7 Å². The molecule has 144 valence electrons. The van der Waals surface area contributed by atoms with Crippen LogP contribution in [0.4, 0.5) is 5.13 Å². The fourth-order valence-electron chi connectivity index (χ4n) is 3.01. The maximum Gasteiger partial charge on any atom is 0.257 e. The van der Waals surface area contributed by atoms with Crippen LogP contribution in [0.15, 0.2) is 35.6 Å². The van der Waals surface area contributed by atoms with Gasteiger partial charge in [0.25, 0.3) is 5.91 Å². The smallest absolute Gasteiger partial charge is 0.257 e. The molecule has 2 aromatic rings. The second-order valence-corrected chi connectivity index (χ2v) is 10.2. The molecule has 1 amide bonds. The fourth-order valence-corrected chi connectivity index (χ4v) is 4.60. The number of thiazole rings is 1. The highest BCUT2D eigenvalue weighted by Crippen LogP contribution is 2.30. The highest BCUT2D eigenvalue weighted by molar-refractivity contribution is 7.91. The Hall–Kier alpha value is -1.77. The molecule has 0 aliphatic heterocycles. The molecular formula is C18H20ClN3O3S2. The molecule has 1 aliphatic rings. The number of pyridine rings is 1. The van der Waals surface area contributed by atoms with Crippen LogP contribution >= 0.6 is 22.9 Å². The first kappa shape index (κ1) is 20.0. The van der Waals surface area contributed by atoms with E-state index in [2.05, 4.69) is 15.3 Å². The van der Waals surface area contributed by atoms with Crippen LogP contribution in [-0.2, 0) is 14.6 Å². The van der Waals surface area contributed by atoms with Gasteiger partial charge < -0.3 is 0 Å². The van der Waals surface area contributed by atoms with E-state index in [9.17, 15) is 13.2 Å². The Labute approximate surface area is 167 Å². The molecule has 0 atom stereocenters. The van der Waals surface area contributed by atoms with E-state index >= 15 is 0 Å². The Kier molecular flexibility index (Phi) is 6.29. The van der Waals surface area contributed by atoms with Crippen LogP contribution in [-0.4, -0.2) is 30.0 Å². The highest BCUT2D eigenvalue weighted by Gasteiger charge is 2.20. The molecule has 0 spiro atoms. The van der Waals surface area contributed by atoms with Crippen molar-refractivity contribution in [3.63, 3.8) is 0 Å². The van der Waals surface area contributed by atoms with Crippen LogP contribution in [0, 0.1) is 5.92 Å². The number of halogens is 1. The lowest BCUT2D eigenvalue weighted by Crippen LogP contribution is -2.15. The molecule has 1 saturated carbocycles. The molecule has 0 aromatic carbocycles. The van der Waals surface area contributed by atoms with Crippen molar-refractivity contribution in [2.45, 2.75) is 37.6 Å². The Morgan fingerprint density at radius 3 is 2.59 bits per heavy atom. The Bertz CT molecular complexity index is 946. The second-order valence-electron chi connectivity index (χ2n) is 6.34. The number of amides is 1. The first-order valence-corrected chi connectivity index (χ1v) is 11.6. The monoisotopic (exact) mass is 425 g/mol. The van der Waals surface area contributed by atoms with E-state index in [0.29, 0.717) is 26.5 Å². The first-order chi connectivity index (χ1) is 12.9. The zero-order valence-corrected chi connectivity index (χ0v) is 17.2. The lowest BCUT2D eigenvalue weighted by atomic mass is 9.99. The van der Waals surface area contributed by atoms with Crippen LogP contribution in [0.1, 0.15) is 38.2 Å². The van der Waals surface area contributed by atoms with E-state index in [1.807, 2.05) is 6.08 Å². The van der Waals surface area contributed by atoms with Crippen molar-refractivity contribution in [2.24, 2.45) is 5.92 Å². The van der Waals surface area contributed by atoms with Gasteiger partial charge in [0, 0.05) is 17.3 Å². The van der Waals surface area contributed by atoms with Gasteiger partial charge in [-0.2, -0.15) is 0 Å². The van der Waals surface area contributed by atoms with E-state index in [0.717, 1.165) is 25.7 Å². The molecule has 27 heavy (non-hydrogen) atoms. The van der Waals surface area contributed by atoms with Crippen molar-refractivity contribution in [3.8, 4) is 0 Å². The van der Waals surface area contributed by atoms with Crippen molar-refractivity contribution in [1.82, 2.24) is 9.97 Å². The number of carbonyl (C=O) groups is 1. The minimum atomic E-state index is -3.38. The summed E-state index contributed by atoms with van der Waals surface area (Å²) in [6.45, 7) is 1.57. The molecule has 0 unspecified atom stereocenters.